The third kappa shape index (κ3) is 3.51. The van der Waals surface area contributed by atoms with Crippen molar-refractivity contribution in [2.24, 2.45) is 0 Å². The van der Waals surface area contributed by atoms with Crippen LogP contribution in [-0.4, -0.2) is 51.9 Å². The van der Waals surface area contributed by atoms with Crippen LogP contribution in [0.4, 0.5) is 0 Å². The third-order valence-electron chi connectivity index (χ3n) is 5.69. The average molecular weight is 408 g/mol. The second-order valence-corrected chi connectivity index (χ2v) is 9.71. The van der Waals surface area contributed by atoms with E-state index in [1.54, 1.807) is 0 Å². The van der Waals surface area contributed by atoms with Gasteiger partial charge in [0.1, 0.15) is 18.2 Å². The number of rotatable bonds is 5. The molecule has 0 aliphatic carbocycles. The standard InChI is InChI=1S/C18H24N4O5S/c1-3-12(2)22(13-6-8-28(26,27)11-13)16(23)10-21-17(24)14(9-19)15-5-4-7-20(15)18(21)25/h12-13H,3-8,10-11H2,1-2H3/t12-,13-/m0/s1. The molecule has 0 aromatic carbocycles. The summed E-state index contributed by atoms with van der Waals surface area (Å²) < 4.78 is 26.0. The molecule has 3 heterocycles. The van der Waals surface area contributed by atoms with E-state index in [-0.39, 0.29) is 23.1 Å². The topological polar surface area (TPSA) is 122 Å². The SMILES string of the molecule is CC[C@H](C)N(C(=O)Cn1c(=O)c(C#N)c2n(c1=O)CCC2)[C@H]1CCS(=O)(=O)C1. The van der Waals surface area contributed by atoms with Crippen LogP contribution in [-0.2, 0) is 34.1 Å². The summed E-state index contributed by atoms with van der Waals surface area (Å²) in [6, 6.07) is 1.18. The molecule has 9 nitrogen and oxygen atoms in total. The molecule has 0 bridgehead atoms. The monoisotopic (exact) mass is 408 g/mol. The first-order valence-corrected chi connectivity index (χ1v) is 11.3. The Kier molecular flexibility index (Phi) is 5.48. The van der Waals surface area contributed by atoms with Crippen molar-refractivity contribution in [3.63, 3.8) is 0 Å². The van der Waals surface area contributed by atoms with E-state index in [2.05, 4.69) is 0 Å². The summed E-state index contributed by atoms with van der Waals surface area (Å²) in [4.78, 5) is 39.9. The molecule has 1 amide bonds. The van der Waals surface area contributed by atoms with Crippen molar-refractivity contribution >= 4 is 15.7 Å². The summed E-state index contributed by atoms with van der Waals surface area (Å²) in [6.07, 6.45) is 2.12. The normalized spacial score (nSPS) is 21.1. The highest BCUT2D eigenvalue weighted by Gasteiger charge is 2.37. The molecule has 1 fully saturated rings. The molecular formula is C18H24N4O5S. The molecule has 1 saturated heterocycles. The summed E-state index contributed by atoms with van der Waals surface area (Å²) in [7, 11) is -3.19. The molecule has 1 aromatic rings. The van der Waals surface area contributed by atoms with Crippen LogP contribution in [0.5, 0.6) is 0 Å². The lowest BCUT2D eigenvalue weighted by Crippen LogP contribution is -2.51. The molecule has 28 heavy (non-hydrogen) atoms. The van der Waals surface area contributed by atoms with E-state index in [1.807, 2.05) is 19.9 Å². The number of fused-ring (bicyclic) bond motifs is 1. The Bertz CT molecular complexity index is 1060. The second kappa shape index (κ2) is 7.54. The van der Waals surface area contributed by atoms with Crippen LogP contribution in [0.3, 0.4) is 0 Å². The molecule has 1 aromatic heterocycles. The number of aromatic nitrogens is 2. The fourth-order valence-corrected chi connectivity index (χ4v) is 5.82. The van der Waals surface area contributed by atoms with Crippen LogP contribution in [0, 0.1) is 11.3 Å². The van der Waals surface area contributed by atoms with Crippen LogP contribution in [0.15, 0.2) is 9.59 Å². The van der Waals surface area contributed by atoms with Crippen molar-refractivity contribution in [3.8, 4) is 6.07 Å². The highest BCUT2D eigenvalue weighted by Crippen LogP contribution is 2.22. The van der Waals surface area contributed by atoms with E-state index >= 15 is 0 Å². The van der Waals surface area contributed by atoms with Crippen molar-refractivity contribution in [1.29, 1.82) is 5.26 Å². The van der Waals surface area contributed by atoms with Crippen LogP contribution in [0.1, 0.15) is 44.4 Å². The molecule has 10 heteroatoms. The summed E-state index contributed by atoms with van der Waals surface area (Å²) in [6.45, 7) is 3.63. The molecule has 0 N–H and O–H groups in total. The van der Waals surface area contributed by atoms with Gasteiger partial charge in [-0.3, -0.25) is 14.2 Å². The van der Waals surface area contributed by atoms with Gasteiger partial charge in [0.15, 0.2) is 9.84 Å². The van der Waals surface area contributed by atoms with E-state index in [0.29, 0.717) is 37.9 Å². The van der Waals surface area contributed by atoms with E-state index in [1.165, 1.54) is 9.47 Å². The predicted molar refractivity (Wildman–Crippen MR) is 102 cm³/mol. The summed E-state index contributed by atoms with van der Waals surface area (Å²) >= 11 is 0. The Balaban J connectivity index is 1.98. The lowest BCUT2D eigenvalue weighted by molar-refractivity contribution is -0.136. The molecule has 2 atom stereocenters. The van der Waals surface area contributed by atoms with Crippen LogP contribution in [0.2, 0.25) is 0 Å². The minimum absolute atomic E-state index is 0.0257. The molecule has 0 radical (unpaired) electrons. The fourth-order valence-electron chi connectivity index (χ4n) is 4.11. The van der Waals surface area contributed by atoms with Gasteiger partial charge in [-0.1, -0.05) is 6.92 Å². The molecule has 152 valence electrons. The van der Waals surface area contributed by atoms with E-state index in [9.17, 15) is 28.1 Å². The van der Waals surface area contributed by atoms with Gasteiger partial charge in [0.2, 0.25) is 5.91 Å². The summed E-state index contributed by atoms with van der Waals surface area (Å²) in [5.74, 6) is -0.555. The molecule has 0 saturated carbocycles. The minimum Gasteiger partial charge on any atom is -0.334 e. The Morgan fingerprint density at radius 3 is 2.68 bits per heavy atom. The number of sulfone groups is 1. The predicted octanol–water partition coefficient (Wildman–Crippen LogP) is -0.358. The maximum absolute atomic E-state index is 13.1. The minimum atomic E-state index is -3.19. The lowest BCUT2D eigenvalue weighted by atomic mass is 10.1. The van der Waals surface area contributed by atoms with Gasteiger partial charge < -0.3 is 4.90 Å². The van der Waals surface area contributed by atoms with Crippen LogP contribution < -0.4 is 11.2 Å². The summed E-state index contributed by atoms with van der Waals surface area (Å²) in [5, 5.41) is 9.36. The van der Waals surface area contributed by atoms with Crippen LogP contribution in [0.25, 0.3) is 0 Å². The van der Waals surface area contributed by atoms with Gasteiger partial charge in [-0.15, -0.1) is 0 Å². The average Bonchev–Trinajstić information content (AvgIpc) is 3.26. The van der Waals surface area contributed by atoms with Gasteiger partial charge >= 0.3 is 5.69 Å². The van der Waals surface area contributed by atoms with E-state index in [0.717, 1.165) is 4.57 Å². The van der Waals surface area contributed by atoms with Crippen molar-refractivity contribution in [3.05, 3.63) is 32.1 Å². The van der Waals surface area contributed by atoms with Gasteiger partial charge in [-0.2, -0.15) is 5.26 Å². The fraction of sp³-hybridized carbons (Fsp3) is 0.667. The quantitative estimate of drug-likeness (QED) is 0.656. The first kappa shape index (κ1) is 20.3. The molecule has 2 aliphatic rings. The van der Waals surface area contributed by atoms with E-state index < -0.39 is 39.6 Å². The molecule has 3 rings (SSSR count). The number of hydrogen-bond acceptors (Lipinski definition) is 6. The number of amides is 1. The molecule has 0 unspecified atom stereocenters. The highest BCUT2D eigenvalue weighted by atomic mass is 32.2. The number of carbonyl (C=O) groups is 1. The van der Waals surface area contributed by atoms with Crippen LogP contribution >= 0.6 is 0 Å². The lowest BCUT2D eigenvalue weighted by Gasteiger charge is -2.33. The van der Waals surface area contributed by atoms with Crippen molar-refractivity contribution < 1.29 is 13.2 Å². The Hall–Kier alpha value is -2.41. The second-order valence-electron chi connectivity index (χ2n) is 7.48. The van der Waals surface area contributed by atoms with Gasteiger partial charge in [0.05, 0.1) is 11.5 Å². The maximum Gasteiger partial charge on any atom is 0.331 e. The number of nitriles is 1. The van der Waals surface area contributed by atoms with Gasteiger partial charge in [-0.25, -0.2) is 17.8 Å². The Morgan fingerprint density at radius 2 is 2.11 bits per heavy atom. The molecular weight excluding hydrogens is 384 g/mol. The zero-order valence-corrected chi connectivity index (χ0v) is 16.9. The smallest absolute Gasteiger partial charge is 0.331 e. The van der Waals surface area contributed by atoms with Gasteiger partial charge in [0.25, 0.3) is 5.56 Å². The van der Waals surface area contributed by atoms with E-state index in [4.69, 9.17) is 0 Å². The third-order valence-corrected chi connectivity index (χ3v) is 7.44. The zero-order valence-electron chi connectivity index (χ0n) is 16.0. The number of hydrogen-bond donors (Lipinski definition) is 0. The molecule has 0 spiro atoms. The maximum atomic E-state index is 13.1. The highest BCUT2D eigenvalue weighted by molar-refractivity contribution is 7.91. The number of nitrogens with zero attached hydrogens (tertiary/aromatic N) is 4. The van der Waals surface area contributed by atoms with Gasteiger partial charge in [0, 0.05) is 24.3 Å². The summed E-state index contributed by atoms with van der Waals surface area (Å²) in [5.41, 5.74) is -1.00. The van der Waals surface area contributed by atoms with Crippen molar-refractivity contribution in [1.82, 2.24) is 14.0 Å². The zero-order chi connectivity index (χ0) is 20.6. The molecule has 2 aliphatic heterocycles. The van der Waals surface area contributed by atoms with Gasteiger partial charge in [-0.05, 0) is 32.6 Å². The van der Waals surface area contributed by atoms with Crippen molar-refractivity contribution in [2.45, 2.75) is 64.7 Å². The number of carbonyl (C=O) groups excluding carboxylic acids is 1. The Labute approximate surface area is 163 Å². The first-order valence-electron chi connectivity index (χ1n) is 9.48. The van der Waals surface area contributed by atoms with Crippen molar-refractivity contribution in [2.75, 3.05) is 11.5 Å². The Morgan fingerprint density at radius 1 is 1.39 bits per heavy atom. The first-order chi connectivity index (χ1) is 13.2. The largest absolute Gasteiger partial charge is 0.334 e.